The number of rotatable bonds is 4. The van der Waals surface area contributed by atoms with Crippen molar-refractivity contribution in [3.63, 3.8) is 0 Å². The molecule has 3 aliphatic carbocycles. The predicted octanol–water partition coefficient (Wildman–Crippen LogP) is 10.7. The van der Waals surface area contributed by atoms with Gasteiger partial charge in [-0.05, 0) is 99.7 Å². The molecule has 0 radical (unpaired) electrons. The van der Waals surface area contributed by atoms with Crippen molar-refractivity contribution in [1.82, 2.24) is 0 Å². The second-order valence-electron chi connectivity index (χ2n) is 16.1. The molecule has 1 saturated heterocycles. The van der Waals surface area contributed by atoms with E-state index < -0.39 is 5.60 Å². The summed E-state index contributed by atoms with van der Waals surface area (Å²) in [5, 5.41) is 2.27. The summed E-state index contributed by atoms with van der Waals surface area (Å²) in [4.78, 5) is 2.41. The topological polar surface area (TPSA) is 30.9 Å². The Morgan fingerprint density at radius 1 is 0.731 bits per heavy atom. The van der Waals surface area contributed by atoms with E-state index in [0.717, 1.165) is 72.7 Å². The molecule has 4 nitrogen and oxygen atoms in total. The van der Waals surface area contributed by atoms with Crippen LogP contribution < -0.4 is 14.4 Å². The third kappa shape index (κ3) is 4.31. The molecule has 0 bridgehead atoms. The van der Waals surface area contributed by atoms with Gasteiger partial charge < -0.3 is 19.1 Å². The van der Waals surface area contributed by atoms with Crippen LogP contribution in [0.1, 0.15) is 79.5 Å². The Hall–Kier alpha value is -5.06. The summed E-state index contributed by atoms with van der Waals surface area (Å²) in [5.41, 5.74) is 14.5. The normalized spacial score (nSPS) is 21.7. The number of anilines is 1. The van der Waals surface area contributed by atoms with E-state index in [0.29, 0.717) is 0 Å². The van der Waals surface area contributed by atoms with Gasteiger partial charge in [0, 0.05) is 51.7 Å². The maximum absolute atomic E-state index is 7.75. The fraction of sp³-hybridized carbons (Fsp3) is 0.292. The first-order valence-electron chi connectivity index (χ1n) is 18.9. The van der Waals surface area contributed by atoms with Crippen molar-refractivity contribution in [3.8, 4) is 22.6 Å². The number of morpholine rings is 1. The Labute approximate surface area is 307 Å². The molecule has 2 heterocycles. The van der Waals surface area contributed by atoms with Gasteiger partial charge >= 0.3 is 0 Å². The highest BCUT2D eigenvalue weighted by Crippen LogP contribution is 2.59. The van der Waals surface area contributed by atoms with Crippen molar-refractivity contribution >= 4 is 28.1 Å². The number of benzene rings is 5. The number of hydrogen-bond acceptors (Lipinski definition) is 4. The highest BCUT2D eigenvalue weighted by atomic mass is 16.5. The van der Waals surface area contributed by atoms with Crippen molar-refractivity contribution in [2.24, 2.45) is 0 Å². The number of nitrogens with zero attached hydrogens (tertiary/aromatic N) is 1. The van der Waals surface area contributed by atoms with Crippen molar-refractivity contribution in [2.75, 3.05) is 38.3 Å². The van der Waals surface area contributed by atoms with Crippen LogP contribution in [0.15, 0.2) is 109 Å². The number of ether oxygens (including phenoxy) is 3. The van der Waals surface area contributed by atoms with Crippen LogP contribution in [0, 0.1) is 0 Å². The molecule has 0 spiro atoms. The fourth-order valence-corrected chi connectivity index (χ4v) is 10.0. The lowest BCUT2D eigenvalue weighted by Crippen LogP contribution is -2.37. The number of allylic oxidation sites excluding steroid dienone is 4. The Morgan fingerprint density at radius 3 is 2.33 bits per heavy atom. The second-order valence-corrected chi connectivity index (χ2v) is 16.1. The zero-order valence-corrected chi connectivity index (χ0v) is 30.8. The molecule has 0 aromatic heterocycles. The van der Waals surface area contributed by atoms with Crippen LogP contribution in [-0.2, 0) is 21.2 Å². The molecule has 10 rings (SSSR count). The van der Waals surface area contributed by atoms with Gasteiger partial charge in [0.1, 0.15) is 11.5 Å². The molecule has 5 aromatic rings. The second kappa shape index (κ2) is 11.2. The lowest BCUT2D eigenvalue weighted by Gasteiger charge is -2.39. The first-order chi connectivity index (χ1) is 25.2. The summed E-state index contributed by atoms with van der Waals surface area (Å²) in [5.74, 6) is 1.73. The highest BCUT2D eigenvalue weighted by molar-refractivity contribution is 6.09. The van der Waals surface area contributed by atoms with Crippen molar-refractivity contribution in [1.29, 1.82) is 0 Å². The smallest absolute Gasteiger partial charge is 0.178 e. The molecule has 2 aliphatic heterocycles. The average Bonchev–Trinajstić information content (AvgIpc) is 3.57. The van der Waals surface area contributed by atoms with Crippen LogP contribution in [0.4, 0.5) is 5.69 Å². The van der Waals surface area contributed by atoms with Gasteiger partial charge in [0.15, 0.2) is 5.60 Å². The minimum Gasteiger partial charge on any atom is -0.497 e. The standard InChI is InChI=1S/C48H45NO3/c1-46(2)40-12-8-6-10-34(40)35-20-16-31(28-42(35)46)48(30-14-17-32(18-15-30)49-24-26-51-27-25-49)23-22-38-44-43(37-11-7-9-13-41(37)47(44,3)4)36-21-19-33(50-5)29-39(36)45(38)52-48/h6-7,9-11,13-23,28-29H,8,12,24-27H2,1-5H3. The minimum atomic E-state index is -0.861. The number of methoxy groups -OCH3 is 1. The van der Waals surface area contributed by atoms with Crippen molar-refractivity contribution < 1.29 is 14.2 Å². The summed E-state index contributed by atoms with van der Waals surface area (Å²) < 4.78 is 19.3. The van der Waals surface area contributed by atoms with Crippen LogP contribution in [0.5, 0.6) is 11.5 Å². The third-order valence-electron chi connectivity index (χ3n) is 12.8. The molecule has 1 unspecified atom stereocenters. The van der Waals surface area contributed by atoms with Gasteiger partial charge in [-0.2, -0.15) is 0 Å². The largest absolute Gasteiger partial charge is 0.497 e. The van der Waals surface area contributed by atoms with Gasteiger partial charge in [0.05, 0.1) is 20.3 Å². The fourth-order valence-electron chi connectivity index (χ4n) is 10.0. The molecule has 260 valence electrons. The van der Waals surface area contributed by atoms with Crippen LogP contribution in [0.3, 0.4) is 0 Å². The van der Waals surface area contributed by atoms with E-state index in [4.69, 9.17) is 14.2 Å². The van der Waals surface area contributed by atoms with Crippen LogP contribution in [-0.4, -0.2) is 33.4 Å². The van der Waals surface area contributed by atoms with Crippen LogP contribution in [0.2, 0.25) is 0 Å². The van der Waals surface area contributed by atoms with Crippen LogP contribution in [0.25, 0.3) is 33.5 Å². The lowest BCUT2D eigenvalue weighted by molar-refractivity contribution is 0.122. The lowest BCUT2D eigenvalue weighted by atomic mass is 9.75. The molecule has 1 fully saturated rings. The van der Waals surface area contributed by atoms with Crippen LogP contribution >= 0.6 is 0 Å². The number of hydrogen-bond donors (Lipinski definition) is 0. The Morgan fingerprint density at radius 2 is 1.52 bits per heavy atom. The Kier molecular flexibility index (Phi) is 6.83. The molecule has 4 heteroatoms. The molecule has 5 aromatic carbocycles. The van der Waals surface area contributed by atoms with Gasteiger partial charge in [-0.1, -0.05) is 100 Å². The van der Waals surface area contributed by atoms with E-state index in [9.17, 15) is 0 Å². The Balaban J connectivity index is 1.21. The molecule has 0 amide bonds. The highest BCUT2D eigenvalue weighted by Gasteiger charge is 2.46. The molecular formula is C48H45NO3. The van der Waals surface area contributed by atoms with Gasteiger partial charge in [0.2, 0.25) is 0 Å². The monoisotopic (exact) mass is 683 g/mol. The first kappa shape index (κ1) is 31.7. The molecular weight excluding hydrogens is 639 g/mol. The maximum atomic E-state index is 7.75. The van der Waals surface area contributed by atoms with Gasteiger partial charge in [-0.3, -0.25) is 0 Å². The van der Waals surface area contributed by atoms with Gasteiger partial charge in [-0.15, -0.1) is 0 Å². The molecule has 0 N–H and O–H groups in total. The SMILES string of the molecule is COc1ccc2c3c(c4c(c2c1)OC(c1ccc(N2CCOCC2)cc1)(c1ccc2c(c1)C(C)(C)C1=C2C=CCC1)C=C4)C(C)(C)c1ccccc1-3. The average molecular weight is 684 g/mol. The van der Waals surface area contributed by atoms with E-state index in [2.05, 4.69) is 142 Å². The van der Waals surface area contributed by atoms with E-state index >= 15 is 0 Å². The Bertz CT molecular complexity index is 2400. The van der Waals surface area contributed by atoms with Crippen molar-refractivity contribution in [2.45, 2.75) is 57.0 Å². The molecule has 52 heavy (non-hydrogen) atoms. The molecule has 1 atom stereocenters. The predicted molar refractivity (Wildman–Crippen MR) is 213 cm³/mol. The van der Waals surface area contributed by atoms with E-state index in [1.807, 2.05) is 0 Å². The number of fused-ring (bicyclic) bond motifs is 10. The van der Waals surface area contributed by atoms with Gasteiger partial charge in [0.25, 0.3) is 0 Å². The first-order valence-corrected chi connectivity index (χ1v) is 18.9. The quantitative estimate of drug-likeness (QED) is 0.189. The zero-order valence-electron chi connectivity index (χ0n) is 30.8. The summed E-state index contributed by atoms with van der Waals surface area (Å²) in [6.45, 7) is 12.8. The maximum Gasteiger partial charge on any atom is 0.178 e. The van der Waals surface area contributed by atoms with Crippen molar-refractivity contribution in [3.05, 3.63) is 148 Å². The molecule has 5 aliphatic rings. The van der Waals surface area contributed by atoms with Gasteiger partial charge in [-0.25, -0.2) is 0 Å². The summed E-state index contributed by atoms with van der Waals surface area (Å²) in [6.07, 6.45) is 11.6. The summed E-state index contributed by atoms with van der Waals surface area (Å²) >= 11 is 0. The van der Waals surface area contributed by atoms with E-state index in [1.54, 1.807) is 12.7 Å². The summed E-state index contributed by atoms with van der Waals surface area (Å²) in [6, 6.07) is 31.6. The zero-order chi connectivity index (χ0) is 35.4. The van der Waals surface area contributed by atoms with E-state index in [-0.39, 0.29) is 10.8 Å². The minimum absolute atomic E-state index is 0.0558. The summed E-state index contributed by atoms with van der Waals surface area (Å²) in [7, 11) is 1.75. The van der Waals surface area contributed by atoms with E-state index in [1.165, 1.54) is 50.0 Å². The third-order valence-corrected chi connectivity index (χ3v) is 12.8. The molecule has 0 saturated carbocycles.